The number of halogens is 1. The van der Waals surface area contributed by atoms with Crippen LogP contribution in [0.25, 0.3) is 10.8 Å². The Hall–Kier alpha value is -0.835. The normalized spacial score (nSPS) is 9.07. The lowest BCUT2D eigenvalue weighted by Crippen LogP contribution is -1.75. The molecule has 0 bridgehead atoms. The van der Waals surface area contributed by atoms with Crippen molar-refractivity contribution in [3.8, 4) is 0 Å². The van der Waals surface area contributed by atoms with Gasteiger partial charge in [0.05, 0.1) is 0 Å². The number of rotatable bonds is 0. The third-order valence-electron chi connectivity index (χ3n) is 1.74. The van der Waals surface area contributed by atoms with E-state index in [1.165, 1.54) is 10.8 Å². The smallest absolute Gasteiger partial charge is 0.430 e. The first-order chi connectivity index (χ1) is 6.79. The molecule has 0 spiro atoms. The maximum Gasteiger partial charge on any atom is 0.432 e. The molecule has 0 saturated heterocycles. The van der Waals surface area contributed by atoms with Crippen LogP contribution in [-0.4, -0.2) is 17.7 Å². The Morgan fingerprint density at radius 2 is 1.50 bits per heavy atom. The molecule has 2 aromatic carbocycles. The Kier molecular flexibility index (Phi) is 4.66. The number of hydrogen-bond acceptors (Lipinski definition) is 2. The van der Waals surface area contributed by atoms with Gasteiger partial charge in [0, 0.05) is 4.47 Å². The highest BCUT2D eigenvalue weighted by atomic mass is 79.9. The molecule has 2 N–H and O–H groups in total. The molecular formula is C10H10BBrO2. The summed E-state index contributed by atoms with van der Waals surface area (Å²) in [5, 5.41) is 16.8. The van der Waals surface area contributed by atoms with Crippen LogP contribution in [0, 0.1) is 0 Å². The van der Waals surface area contributed by atoms with Crippen LogP contribution in [0.1, 0.15) is 0 Å². The van der Waals surface area contributed by atoms with E-state index >= 15 is 0 Å². The van der Waals surface area contributed by atoms with Crippen molar-refractivity contribution >= 4 is 34.4 Å². The maximum absolute atomic E-state index is 7.12. The Bertz CT molecular complexity index is 401. The molecule has 0 radical (unpaired) electrons. The van der Waals surface area contributed by atoms with Gasteiger partial charge in [-0.2, -0.15) is 0 Å². The van der Waals surface area contributed by atoms with Gasteiger partial charge < -0.3 is 10.0 Å². The summed E-state index contributed by atoms with van der Waals surface area (Å²) in [6, 6.07) is 14.5. The summed E-state index contributed by atoms with van der Waals surface area (Å²) in [6.07, 6.45) is 0. The van der Waals surface area contributed by atoms with Crippen LogP contribution in [0.5, 0.6) is 0 Å². The molecule has 0 amide bonds. The monoisotopic (exact) mass is 252 g/mol. The van der Waals surface area contributed by atoms with Gasteiger partial charge in [-0.25, -0.2) is 0 Å². The fourth-order valence-corrected chi connectivity index (χ4v) is 1.70. The van der Waals surface area contributed by atoms with Crippen LogP contribution in [-0.2, 0) is 0 Å². The molecule has 0 aliphatic carbocycles. The predicted octanol–water partition coefficient (Wildman–Crippen LogP) is 1.84. The SMILES string of the molecule is Brc1cccc2ccccc12.OBO. The van der Waals surface area contributed by atoms with Gasteiger partial charge >= 0.3 is 7.69 Å². The predicted molar refractivity (Wildman–Crippen MR) is 63.2 cm³/mol. The van der Waals surface area contributed by atoms with Gasteiger partial charge in [-0.05, 0) is 16.8 Å². The molecule has 0 heterocycles. The number of hydrogen-bond donors (Lipinski definition) is 2. The molecule has 0 atom stereocenters. The van der Waals surface area contributed by atoms with Gasteiger partial charge in [-0.1, -0.05) is 52.3 Å². The average molecular weight is 253 g/mol. The first-order valence-corrected chi connectivity index (χ1v) is 4.94. The quantitative estimate of drug-likeness (QED) is 0.703. The van der Waals surface area contributed by atoms with Crippen LogP contribution in [0.4, 0.5) is 0 Å². The second-order valence-electron chi connectivity index (χ2n) is 2.60. The van der Waals surface area contributed by atoms with Crippen molar-refractivity contribution in [1.82, 2.24) is 0 Å². The van der Waals surface area contributed by atoms with Crippen molar-refractivity contribution in [1.29, 1.82) is 0 Å². The fraction of sp³-hybridized carbons (Fsp3) is 0. The third kappa shape index (κ3) is 2.84. The lowest BCUT2D eigenvalue weighted by Gasteiger charge is -1.97. The first kappa shape index (κ1) is 11.2. The van der Waals surface area contributed by atoms with E-state index in [2.05, 4.69) is 46.3 Å². The van der Waals surface area contributed by atoms with Crippen molar-refractivity contribution in [2.24, 2.45) is 0 Å². The lowest BCUT2D eigenvalue weighted by atomic mass is 10.1. The first-order valence-electron chi connectivity index (χ1n) is 4.14. The van der Waals surface area contributed by atoms with E-state index in [-0.39, 0.29) is 0 Å². The van der Waals surface area contributed by atoms with E-state index in [1.54, 1.807) is 0 Å². The summed E-state index contributed by atoms with van der Waals surface area (Å²) in [6.45, 7) is 0. The Labute approximate surface area is 91.6 Å². The molecule has 0 saturated carbocycles. The molecule has 0 aliphatic rings. The molecule has 2 rings (SSSR count). The standard InChI is InChI=1S/C10H7Br.BH3O2/c11-10-7-3-5-8-4-1-2-6-9(8)10;2-1-3/h1-7H;1-3H. The molecule has 0 aromatic heterocycles. The van der Waals surface area contributed by atoms with Crippen LogP contribution < -0.4 is 0 Å². The molecule has 14 heavy (non-hydrogen) atoms. The van der Waals surface area contributed by atoms with Crippen molar-refractivity contribution in [2.45, 2.75) is 0 Å². The summed E-state index contributed by atoms with van der Waals surface area (Å²) < 4.78 is 1.16. The second kappa shape index (κ2) is 5.80. The maximum atomic E-state index is 7.12. The van der Waals surface area contributed by atoms with Crippen molar-refractivity contribution in [2.75, 3.05) is 0 Å². The molecule has 72 valence electrons. The highest BCUT2D eigenvalue weighted by molar-refractivity contribution is 9.10. The van der Waals surface area contributed by atoms with Crippen LogP contribution in [0.15, 0.2) is 46.9 Å². The van der Waals surface area contributed by atoms with Crippen molar-refractivity contribution in [3.05, 3.63) is 46.9 Å². The Morgan fingerprint density at radius 1 is 0.929 bits per heavy atom. The van der Waals surface area contributed by atoms with Gasteiger partial charge in [-0.3, -0.25) is 0 Å². The largest absolute Gasteiger partial charge is 0.432 e. The minimum Gasteiger partial charge on any atom is -0.430 e. The summed E-state index contributed by atoms with van der Waals surface area (Å²) >= 11 is 3.50. The zero-order chi connectivity index (χ0) is 10.4. The van der Waals surface area contributed by atoms with E-state index in [0.717, 1.165) is 4.47 Å². The number of fused-ring (bicyclic) bond motifs is 1. The average Bonchev–Trinajstić information content (AvgIpc) is 2.20. The molecule has 0 unspecified atom stereocenters. The van der Waals surface area contributed by atoms with E-state index in [1.807, 2.05) is 12.1 Å². The molecular weight excluding hydrogens is 243 g/mol. The lowest BCUT2D eigenvalue weighted by molar-refractivity contribution is 0.448. The number of benzene rings is 2. The van der Waals surface area contributed by atoms with Gasteiger partial charge in [0.2, 0.25) is 0 Å². The minimum atomic E-state index is -0.750. The third-order valence-corrected chi connectivity index (χ3v) is 2.43. The highest BCUT2D eigenvalue weighted by Crippen LogP contribution is 2.22. The molecule has 2 nitrogen and oxygen atoms in total. The van der Waals surface area contributed by atoms with Crippen molar-refractivity contribution < 1.29 is 10.0 Å². The van der Waals surface area contributed by atoms with E-state index in [9.17, 15) is 0 Å². The topological polar surface area (TPSA) is 40.5 Å². The van der Waals surface area contributed by atoms with Gasteiger partial charge in [-0.15, -0.1) is 0 Å². The van der Waals surface area contributed by atoms with Crippen LogP contribution in [0.2, 0.25) is 0 Å². The summed E-state index contributed by atoms with van der Waals surface area (Å²) in [7, 11) is -0.750. The van der Waals surface area contributed by atoms with E-state index < -0.39 is 7.69 Å². The summed E-state index contributed by atoms with van der Waals surface area (Å²) in [5.74, 6) is 0. The fourth-order valence-electron chi connectivity index (χ4n) is 1.19. The van der Waals surface area contributed by atoms with Crippen LogP contribution >= 0.6 is 15.9 Å². The van der Waals surface area contributed by atoms with E-state index in [0.29, 0.717) is 0 Å². The zero-order valence-electron chi connectivity index (χ0n) is 7.52. The van der Waals surface area contributed by atoms with Crippen molar-refractivity contribution in [3.63, 3.8) is 0 Å². The highest BCUT2D eigenvalue weighted by Gasteiger charge is 1.93. The Balaban J connectivity index is 0.000000293. The summed E-state index contributed by atoms with van der Waals surface area (Å²) in [5.41, 5.74) is 0. The molecule has 4 heteroatoms. The van der Waals surface area contributed by atoms with Crippen LogP contribution in [0.3, 0.4) is 0 Å². The van der Waals surface area contributed by atoms with Gasteiger partial charge in [0.15, 0.2) is 0 Å². The molecule has 0 aliphatic heterocycles. The Morgan fingerprint density at radius 3 is 2.14 bits per heavy atom. The zero-order valence-corrected chi connectivity index (χ0v) is 9.11. The van der Waals surface area contributed by atoms with Gasteiger partial charge in [0.1, 0.15) is 0 Å². The molecule has 0 fully saturated rings. The minimum absolute atomic E-state index is 0.750. The van der Waals surface area contributed by atoms with Gasteiger partial charge in [0.25, 0.3) is 0 Å². The second-order valence-corrected chi connectivity index (χ2v) is 3.46. The molecule has 2 aromatic rings. The van der Waals surface area contributed by atoms with E-state index in [4.69, 9.17) is 10.0 Å². The summed E-state index contributed by atoms with van der Waals surface area (Å²) in [4.78, 5) is 0.